The van der Waals surface area contributed by atoms with Crippen molar-refractivity contribution in [3.8, 4) is 0 Å². The second kappa shape index (κ2) is 6.16. The smallest absolute Gasteiger partial charge is 0.303 e. The first-order chi connectivity index (χ1) is 8.41. The van der Waals surface area contributed by atoms with Crippen molar-refractivity contribution in [1.29, 1.82) is 0 Å². The van der Waals surface area contributed by atoms with Crippen molar-refractivity contribution < 1.29 is 14.7 Å². The summed E-state index contributed by atoms with van der Waals surface area (Å²) in [6.07, 6.45) is 0.0212. The number of rotatable bonds is 5. The maximum absolute atomic E-state index is 11.8. The van der Waals surface area contributed by atoms with Gasteiger partial charge >= 0.3 is 5.97 Å². The lowest BCUT2D eigenvalue weighted by Gasteiger charge is -2.14. The molecule has 0 aliphatic rings. The molecule has 0 bridgehead atoms. The van der Waals surface area contributed by atoms with E-state index in [1.54, 1.807) is 6.07 Å². The number of nitrogens with two attached hydrogens (primary N) is 1. The number of hydrogen-bond donors (Lipinski definition) is 3. The number of nitrogens with one attached hydrogen (secondary N) is 1. The summed E-state index contributed by atoms with van der Waals surface area (Å²) < 4.78 is 0. The zero-order valence-electron chi connectivity index (χ0n) is 10.6. The Bertz CT molecular complexity index is 458. The summed E-state index contributed by atoms with van der Waals surface area (Å²) in [7, 11) is 0. The molecule has 0 aliphatic carbocycles. The molecule has 98 valence electrons. The Hall–Kier alpha value is -1.88. The first-order valence-electron chi connectivity index (χ1n) is 5.76. The molecule has 0 heterocycles. The fourth-order valence-corrected chi connectivity index (χ4v) is 1.52. The molecule has 0 spiro atoms. The number of anilines is 1. The molecule has 0 fully saturated rings. The quantitative estimate of drug-likeness (QED) is 0.737. The van der Waals surface area contributed by atoms with Crippen molar-refractivity contribution >= 4 is 17.6 Å². The predicted octanol–water partition coefficient (Wildman–Crippen LogP) is 1.43. The standard InChI is InChI=1S/C13H18N2O3/c1-8-4-3-5-11(9(8)2)15-13(18)10(14)6-7-12(16)17/h3-5,10H,6-7,14H2,1-2H3,(H,15,18)(H,16,17). The molecule has 0 aromatic heterocycles. The highest BCUT2D eigenvalue weighted by Crippen LogP contribution is 2.18. The van der Waals surface area contributed by atoms with E-state index in [2.05, 4.69) is 5.32 Å². The average Bonchev–Trinajstić information content (AvgIpc) is 2.31. The molecule has 0 saturated heterocycles. The normalized spacial score (nSPS) is 11.9. The van der Waals surface area contributed by atoms with Crippen molar-refractivity contribution in [2.75, 3.05) is 5.32 Å². The molecule has 0 saturated carbocycles. The topological polar surface area (TPSA) is 92.4 Å². The van der Waals surface area contributed by atoms with E-state index >= 15 is 0 Å². The Morgan fingerprint density at radius 1 is 1.39 bits per heavy atom. The average molecular weight is 250 g/mol. The molecule has 1 aromatic rings. The van der Waals surface area contributed by atoms with Crippen LogP contribution in [0.5, 0.6) is 0 Å². The molecule has 1 rings (SSSR count). The number of benzene rings is 1. The zero-order chi connectivity index (χ0) is 13.7. The van der Waals surface area contributed by atoms with Crippen molar-refractivity contribution in [3.63, 3.8) is 0 Å². The van der Waals surface area contributed by atoms with E-state index < -0.39 is 12.0 Å². The van der Waals surface area contributed by atoms with Gasteiger partial charge < -0.3 is 16.2 Å². The van der Waals surface area contributed by atoms with Crippen LogP contribution in [0.4, 0.5) is 5.69 Å². The summed E-state index contributed by atoms with van der Waals surface area (Å²) in [6.45, 7) is 3.86. The highest BCUT2D eigenvalue weighted by atomic mass is 16.4. The van der Waals surface area contributed by atoms with E-state index in [-0.39, 0.29) is 18.7 Å². The SMILES string of the molecule is Cc1cccc(NC(=O)C(N)CCC(=O)O)c1C. The summed E-state index contributed by atoms with van der Waals surface area (Å²) in [5.74, 6) is -1.31. The van der Waals surface area contributed by atoms with Crippen LogP contribution in [0.2, 0.25) is 0 Å². The lowest BCUT2D eigenvalue weighted by Crippen LogP contribution is -2.36. The predicted molar refractivity (Wildman–Crippen MR) is 69.4 cm³/mol. The highest BCUT2D eigenvalue weighted by molar-refractivity contribution is 5.95. The minimum atomic E-state index is -0.954. The van der Waals surface area contributed by atoms with E-state index in [0.29, 0.717) is 5.69 Å². The maximum Gasteiger partial charge on any atom is 0.303 e. The monoisotopic (exact) mass is 250 g/mol. The Morgan fingerprint density at radius 2 is 2.06 bits per heavy atom. The molecule has 0 aliphatic heterocycles. The van der Waals surface area contributed by atoms with Crippen LogP contribution in [0.3, 0.4) is 0 Å². The molecule has 5 heteroatoms. The Balaban J connectivity index is 2.64. The first-order valence-corrected chi connectivity index (χ1v) is 5.76. The second-order valence-electron chi connectivity index (χ2n) is 4.28. The third kappa shape index (κ3) is 3.85. The van der Waals surface area contributed by atoms with E-state index in [4.69, 9.17) is 10.8 Å². The Labute approximate surface area is 106 Å². The molecule has 4 N–H and O–H groups in total. The number of carboxylic acids is 1. The summed E-state index contributed by atoms with van der Waals surface area (Å²) in [6, 6.07) is 4.79. The molecule has 1 atom stereocenters. The van der Waals surface area contributed by atoms with Gasteiger partial charge in [0, 0.05) is 12.1 Å². The largest absolute Gasteiger partial charge is 0.481 e. The van der Waals surface area contributed by atoms with E-state index in [1.165, 1.54) is 0 Å². The van der Waals surface area contributed by atoms with E-state index in [1.807, 2.05) is 26.0 Å². The Kier molecular flexibility index (Phi) is 4.85. The van der Waals surface area contributed by atoms with Gasteiger partial charge in [-0.05, 0) is 37.5 Å². The third-order valence-electron chi connectivity index (χ3n) is 2.87. The molecule has 0 radical (unpaired) electrons. The zero-order valence-corrected chi connectivity index (χ0v) is 10.6. The molecular formula is C13H18N2O3. The number of carbonyl (C=O) groups is 2. The van der Waals surface area contributed by atoms with Crippen molar-refractivity contribution in [2.45, 2.75) is 32.7 Å². The molecule has 1 amide bonds. The molecule has 5 nitrogen and oxygen atoms in total. The van der Waals surface area contributed by atoms with Gasteiger partial charge in [-0.1, -0.05) is 12.1 Å². The fraction of sp³-hybridized carbons (Fsp3) is 0.385. The summed E-state index contributed by atoms with van der Waals surface area (Å²) in [5, 5.41) is 11.2. The summed E-state index contributed by atoms with van der Waals surface area (Å²) >= 11 is 0. The minimum absolute atomic E-state index is 0.110. The fourth-order valence-electron chi connectivity index (χ4n) is 1.52. The van der Waals surface area contributed by atoms with Crippen LogP contribution in [0.25, 0.3) is 0 Å². The van der Waals surface area contributed by atoms with Gasteiger partial charge in [0.25, 0.3) is 0 Å². The number of aliphatic carboxylic acids is 1. The summed E-state index contributed by atoms with van der Waals surface area (Å²) in [5.41, 5.74) is 8.40. The van der Waals surface area contributed by atoms with Crippen molar-refractivity contribution in [1.82, 2.24) is 0 Å². The van der Waals surface area contributed by atoms with E-state index in [0.717, 1.165) is 11.1 Å². The molecule has 18 heavy (non-hydrogen) atoms. The van der Waals surface area contributed by atoms with Gasteiger partial charge in [0.2, 0.25) is 5.91 Å². The van der Waals surface area contributed by atoms with Crippen LogP contribution in [-0.2, 0) is 9.59 Å². The van der Waals surface area contributed by atoms with Crippen LogP contribution in [-0.4, -0.2) is 23.0 Å². The van der Waals surface area contributed by atoms with Gasteiger partial charge in [-0.2, -0.15) is 0 Å². The second-order valence-corrected chi connectivity index (χ2v) is 4.28. The van der Waals surface area contributed by atoms with E-state index in [9.17, 15) is 9.59 Å². The van der Waals surface area contributed by atoms with Crippen LogP contribution in [0.15, 0.2) is 18.2 Å². The maximum atomic E-state index is 11.8. The highest BCUT2D eigenvalue weighted by Gasteiger charge is 2.15. The number of carbonyl (C=O) groups excluding carboxylic acids is 1. The lowest BCUT2D eigenvalue weighted by atomic mass is 10.1. The van der Waals surface area contributed by atoms with Crippen LogP contribution in [0.1, 0.15) is 24.0 Å². The number of hydrogen-bond acceptors (Lipinski definition) is 3. The van der Waals surface area contributed by atoms with Gasteiger partial charge in [0.1, 0.15) is 0 Å². The molecule has 1 unspecified atom stereocenters. The molecular weight excluding hydrogens is 232 g/mol. The lowest BCUT2D eigenvalue weighted by molar-refractivity contribution is -0.137. The van der Waals surface area contributed by atoms with Crippen molar-refractivity contribution in [3.05, 3.63) is 29.3 Å². The van der Waals surface area contributed by atoms with Crippen LogP contribution < -0.4 is 11.1 Å². The van der Waals surface area contributed by atoms with Gasteiger partial charge in [-0.15, -0.1) is 0 Å². The minimum Gasteiger partial charge on any atom is -0.481 e. The molecule has 1 aromatic carbocycles. The van der Waals surface area contributed by atoms with Crippen LogP contribution in [0, 0.1) is 13.8 Å². The van der Waals surface area contributed by atoms with Crippen LogP contribution >= 0.6 is 0 Å². The van der Waals surface area contributed by atoms with Gasteiger partial charge in [-0.25, -0.2) is 0 Å². The number of carboxylic acid groups (broad SMARTS) is 1. The number of amides is 1. The third-order valence-corrected chi connectivity index (χ3v) is 2.87. The van der Waals surface area contributed by atoms with Gasteiger partial charge in [0.05, 0.1) is 6.04 Å². The van der Waals surface area contributed by atoms with Gasteiger partial charge in [0.15, 0.2) is 0 Å². The van der Waals surface area contributed by atoms with Crippen molar-refractivity contribution in [2.24, 2.45) is 5.73 Å². The number of aryl methyl sites for hydroxylation is 1. The first kappa shape index (κ1) is 14.2. The van der Waals surface area contributed by atoms with Gasteiger partial charge in [-0.3, -0.25) is 9.59 Å². The summed E-state index contributed by atoms with van der Waals surface area (Å²) in [4.78, 5) is 22.2. The Morgan fingerprint density at radius 3 is 2.67 bits per heavy atom.